The number of Topliss-reactive ketones (excluding diaryl/α,β-unsaturated/α-hetero) is 2. The summed E-state index contributed by atoms with van der Waals surface area (Å²) in [4.78, 5) is 64.8. The van der Waals surface area contributed by atoms with Gasteiger partial charge in [0.15, 0.2) is 11.6 Å². The number of carbonyl (C=O) groups excluding carboxylic acids is 5. The molecule has 0 spiro atoms. The number of methoxy groups -OCH3 is 1. The molecule has 2 N–H and O–H groups in total. The van der Waals surface area contributed by atoms with Crippen LogP contribution in [0.1, 0.15) is 53.1 Å². The van der Waals surface area contributed by atoms with E-state index < -0.39 is 11.9 Å². The molecule has 11 nitrogen and oxygen atoms in total. The number of piperidine rings is 1. The first kappa shape index (κ1) is 29.2. The Hall–Kier alpha value is -4.35. The Morgan fingerprint density at radius 3 is 2.48 bits per heavy atom. The number of allylic oxidation sites excluding steroid dienone is 1. The Balaban J connectivity index is 1.24. The van der Waals surface area contributed by atoms with E-state index in [1.165, 1.54) is 11.1 Å². The molecule has 1 aliphatic carbocycles. The molecule has 0 radical (unpaired) electrons. The molecule has 11 heteroatoms. The lowest BCUT2D eigenvalue weighted by atomic mass is 9.80. The van der Waals surface area contributed by atoms with Crippen molar-refractivity contribution in [2.45, 2.75) is 44.2 Å². The number of anilines is 1. The van der Waals surface area contributed by atoms with Crippen molar-refractivity contribution in [1.29, 1.82) is 0 Å². The Kier molecular flexibility index (Phi) is 9.09. The van der Waals surface area contributed by atoms with Crippen molar-refractivity contribution in [2.24, 2.45) is 0 Å². The number of nitrogens with one attached hydrogen (secondary N) is 2. The Morgan fingerprint density at radius 2 is 1.71 bits per heavy atom. The van der Waals surface area contributed by atoms with Gasteiger partial charge in [-0.15, -0.1) is 0 Å². The van der Waals surface area contributed by atoms with Crippen LogP contribution in [0.5, 0.6) is 5.75 Å². The molecular weight excluding hydrogens is 542 g/mol. The van der Waals surface area contributed by atoms with Gasteiger partial charge in [0.1, 0.15) is 18.4 Å². The number of amides is 3. The lowest BCUT2D eigenvalue weighted by molar-refractivity contribution is -0.137. The van der Waals surface area contributed by atoms with Crippen molar-refractivity contribution in [1.82, 2.24) is 10.2 Å². The summed E-state index contributed by atoms with van der Waals surface area (Å²) in [6.45, 7) is 1.86. The molecule has 0 bridgehead atoms. The van der Waals surface area contributed by atoms with Gasteiger partial charge in [0, 0.05) is 61.8 Å². The maximum absolute atomic E-state index is 13.2. The molecule has 5 rings (SSSR count). The number of fused-ring (bicyclic) bond motifs is 1. The van der Waals surface area contributed by atoms with Crippen molar-refractivity contribution < 1.29 is 38.2 Å². The van der Waals surface area contributed by atoms with Crippen molar-refractivity contribution in [3.05, 3.63) is 70.9 Å². The number of imide groups is 1. The Morgan fingerprint density at radius 1 is 0.952 bits per heavy atom. The largest absolute Gasteiger partial charge is 0.491 e. The zero-order valence-electron chi connectivity index (χ0n) is 23.4. The van der Waals surface area contributed by atoms with E-state index in [1.54, 1.807) is 25.3 Å². The topological polar surface area (TPSA) is 140 Å². The Bertz CT molecular complexity index is 1420. The molecule has 1 saturated heterocycles. The van der Waals surface area contributed by atoms with E-state index in [0.717, 1.165) is 5.56 Å². The third kappa shape index (κ3) is 6.27. The molecule has 3 amide bonds. The van der Waals surface area contributed by atoms with E-state index >= 15 is 0 Å². The lowest BCUT2D eigenvalue weighted by Gasteiger charge is -2.29. The van der Waals surface area contributed by atoms with E-state index in [4.69, 9.17) is 14.2 Å². The van der Waals surface area contributed by atoms with Crippen molar-refractivity contribution in [3.8, 4) is 5.75 Å². The summed E-state index contributed by atoms with van der Waals surface area (Å²) in [5.74, 6) is -1.39. The van der Waals surface area contributed by atoms with Gasteiger partial charge in [-0.05, 0) is 30.2 Å². The summed E-state index contributed by atoms with van der Waals surface area (Å²) in [5, 5.41) is 5.36. The molecule has 2 aliphatic heterocycles. The van der Waals surface area contributed by atoms with Gasteiger partial charge in [-0.25, -0.2) is 0 Å². The third-order valence-electron chi connectivity index (χ3n) is 7.69. The monoisotopic (exact) mass is 575 g/mol. The minimum atomic E-state index is -0.734. The van der Waals surface area contributed by atoms with E-state index in [2.05, 4.69) is 10.6 Å². The number of para-hydroxylation sites is 1. The molecule has 0 aromatic heterocycles. The fourth-order valence-corrected chi connectivity index (χ4v) is 5.55. The van der Waals surface area contributed by atoms with Gasteiger partial charge in [0.05, 0.1) is 25.4 Å². The summed E-state index contributed by atoms with van der Waals surface area (Å²) < 4.78 is 16.3. The fraction of sp³-hybridized carbons (Fsp3) is 0.387. The summed E-state index contributed by atoms with van der Waals surface area (Å²) in [6.07, 6.45) is 2.14. The highest BCUT2D eigenvalue weighted by molar-refractivity contribution is 6.22. The van der Waals surface area contributed by atoms with Crippen LogP contribution in [0.3, 0.4) is 0 Å². The van der Waals surface area contributed by atoms with Crippen LogP contribution in [0, 0.1) is 0 Å². The number of benzene rings is 2. The SMILES string of the molecule is COCCOCCOc1ccccc1C1CC(=O)C(=CNc2cccc3c2CN(C2CCC(=O)NC2=O)C3=O)C(=O)C1. The van der Waals surface area contributed by atoms with Gasteiger partial charge in [-0.3, -0.25) is 29.3 Å². The van der Waals surface area contributed by atoms with Gasteiger partial charge < -0.3 is 24.4 Å². The summed E-state index contributed by atoms with van der Waals surface area (Å²) in [7, 11) is 1.61. The molecule has 2 aromatic rings. The van der Waals surface area contributed by atoms with Crippen LogP contribution in [-0.2, 0) is 35.2 Å². The van der Waals surface area contributed by atoms with E-state index in [-0.39, 0.29) is 67.1 Å². The highest BCUT2D eigenvalue weighted by atomic mass is 16.5. The average Bonchev–Trinajstić information content (AvgIpc) is 3.31. The van der Waals surface area contributed by atoms with Crippen LogP contribution in [0.15, 0.2) is 54.2 Å². The zero-order chi connectivity index (χ0) is 29.6. The predicted molar refractivity (Wildman–Crippen MR) is 151 cm³/mol. The summed E-state index contributed by atoms with van der Waals surface area (Å²) in [5.41, 5.74) is 2.54. The van der Waals surface area contributed by atoms with Gasteiger partial charge in [-0.2, -0.15) is 0 Å². The number of ether oxygens (including phenoxy) is 3. The summed E-state index contributed by atoms with van der Waals surface area (Å²) in [6, 6.07) is 11.8. The molecule has 2 aromatic carbocycles. The fourth-order valence-electron chi connectivity index (χ4n) is 5.55. The average molecular weight is 576 g/mol. The molecule has 220 valence electrons. The first-order chi connectivity index (χ1) is 20.4. The van der Waals surface area contributed by atoms with Crippen LogP contribution >= 0.6 is 0 Å². The second-order valence-corrected chi connectivity index (χ2v) is 10.4. The highest BCUT2D eigenvalue weighted by Crippen LogP contribution is 2.37. The van der Waals surface area contributed by atoms with Gasteiger partial charge in [0.25, 0.3) is 5.91 Å². The minimum absolute atomic E-state index is 0.0696. The van der Waals surface area contributed by atoms with Crippen LogP contribution in [0.2, 0.25) is 0 Å². The number of carbonyl (C=O) groups is 5. The van der Waals surface area contributed by atoms with Crippen molar-refractivity contribution >= 4 is 35.0 Å². The number of hydrogen-bond acceptors (Lipinski definition) is 9. The summed E-state index contributed by atoms with van der Waals surface area (Å²) >= 11 is 0. The number of ketones is 2. The predicted octanol–water partition coefficient (Wildman–Crippen LogP) is 2.50. The number of rotatable bonds is 11. The number of nitrogens with zero attached hydrogens (tertiary/aromatic N) is 1. The molecule has 1 atom stereocenters. The molecule has 1 saturated carbocycles. The smallest absolute Gasteiger partial charge is 0.255 e. The van der Waals surface area contributed by atoms with Gasteiger partial charge in [-0.1, -0.05) is 24.3 Å². The zero-order valence-corrected chi connectivity index (χ0v) is 23.4. The molecule has 2 fully saturated rings. The van der Waals surface area contributed by atoms with Crippen molar-refractivity contribution in [3.63, 3.8) is 0 Å². The van der Waals surface area contributed by atoms with Crippen LogP contribution in [0.4, 0.5) is 5.69 Å². The lowest BCUT2D eigenvalue weighted by Crippen LogP contribution is -2.52. The molecule has 3 aliphatic rings. The minimum Gasteiger partial charge on any atom is -0.491 e. The van der Waals surface area contributed by atoms with Crippen molar-refractivity contribution in [2.75, 3.05) is 38.9 Å². The van der Waals surface area contributed by atoms with Gasteiger partial charge in [0.2, 0.25) is 11.8 Å². The van der Waals surface area contributed by atoms with Crippen LogP contribution < -0.4 is 15.4 Å². The second-order valence-electron chi connectivity index (χ2n) is 10.4. The quantitative estimate of drug-likeness (QED) is 0.179. The number of hydrogen-bond donors (Lipinski definition) is 2. The van der Waals surface area contributed by atoms with Crippen LogP contribution in [-0.4, -0.2) is 73.8 Å². The van der Waals surface area contributed by atoms with Gasteiger partial charge >= 0.3 is 0 Å². The first-order valence-electron chi connectivity index (χ1n) is 14.0. The van der Waals surface area contributed by atoms with E-state index in [9.17, 15) is 24.0 Å². The highest BCUT2D eigenvalue weighted by Gasteiger charge is 2.40. The normalized spacial score (nSPS) is 20.5. The maximum Gasteiger partial charge on any atom is 0.255 e. The van der Waals surface area contributed by atoms with E-state index in [1.807, 2.05) is 24.3 Å². The molecular formula is C31H33N3O8. The van der Waals surface area contributed by atoms with Crippen LogP contribution in [0.25, 0.3) is 0 Å². The van der Waals surface area contributed by atoms with E-state index in [0.29, 0.717) is 49.0 Å². The molecule has 42 heavy (non-hydrogen) atoms. The molecule has 2 heterocycles. The Labute approximate surface area is 243 Å². The maximum atomic E-state index is 13.2. The second kappa shape index (κ2) is 13.1. The first-order valence-corrected chi connectivity index (χ1v) is 14.0. The third-order valence-corrected chi connectivity index (χ3v) is 7.69. The standard InChI is InChI=1S/C31H33N3O8/c1-40-11-12-41-13-14-42-28-8-3-2-5-20(28)19-15-26(35)22(27(36)16-19)17-32-24-7-4-6-21-23(24)18-34(31(21)39)25-9-10-29(37)33-30(25)38/h2-8,17,19,25,32H,9-16,18H2,1H3,(H,33,37,38). The molecule has 1 unspecified atom stereocenters.